The molecule has 7 heteroatoms. The first-order valence-corrected chi connectivity index (χ1v) is 9.61. The van der Waals surface area contributed by atoms with E-state index in [4.69, 9.17) is 4.74 Å². The predicted molar refractivity (Wildman–Crippen MR) is 102 cm³/mol. The van der Waals surface area contributed by atoms with Gasteiger partial charge in [-0.25, -0.2) is 0 Å². The summed E-state index contributed by atoms with van der Waals surface area (Å²) >= 11 is 0. The minimum atomic E-state index is -0.129. The minimum Gasteiger partial charge on any atom is -0.497 e. The van der Waals surface area contributed by atoms with Crippen molar-refractivity contribution in [1.29, 1.82) is 0 Å². The standard InChI is InChI=1S/C20H27N5O2/c1-13(2)21-20(26)19-23-22-18-8-15-10-24(11-16(15)12-25(18)19)9-14-4-6-17(27-3)7-5-14/h4-7,13,15-16H,8-12H2,1-3H3,(H,21,26)/t15-,16-/m1/s1. The molecule has 2 aromatic rings. The number of ether oxygens (including phenoxy) is 1. The van der Waals surface area contributed by atoms with Crippen molar-refractivity contribution >= 4 is 5.91 Å². The van der Waals surface area contributed by atoms with E-state index in [0.717, 1.165) is 44.2 Å². The van der Waals surface area contributed by atoms with Crippen molar-refractivity contribution in [2.45, 2.75) is 39.4 Å². The molecule has 2 aliphatic heterocycles. The van der Waals surface area contributed by atoms with E-state index in [-0.39, 0.29) is 11.9 Å². The molecule has 0 unspecified atom stereocenters. The molecular weight excluding hydrogens is 342 g/mol. The average Bonchev–Trinajstić information content (AvgIpc) is 3.22. The van der Waals surface area contributed by atoms with E-state index in [1.165, 1.54) is 5.56 Å². The van der Waals surface area contributed by atoms with Gasteiger partial charge in [0, 0.05) is 38.6 Å². The summed E-state index contributed by atoms with van der Waals surface area (Å²) < 4.78 is 7.26. The van der Waals surface area contributed by atoms with Crippen LogP contribution in [0.1, 0.15) is 35.9 Å². The van der Waals surface area contributed by atoms with Crippen molar-refractivity contribution in [3.05, 3.63) is 41.5 Å². The molecular formula is C20H27N5O2. The van der Waals surface area contributed by atoms with Gasteiger partial charge in [0.1, 0.15) is 11.6 Å². The number of amides is 1. The van der Waals surface area contributed by atoms with E-state index in [1.807, 2.05) is 30.5 Å². The van der Waals surface area contributed by atoms with Crippen LogP contribution in [0.4, 0.5) is 0 Å². The largest absolute Gasteiger partial charge is 0.497 e. The molecule has 2 aliphatic rings. The smallest absolute Gasteiger partial charge is 0.289 e. The van der Waals surface area contributed by atoms with Crippen LogP contribution < -0.4 is 10.1 Å². The van der Waals surface area contributed by atoms with Gasteiger partial charge in [-0.15, -0.1) is 10.2 Å². The molecule has 1 N–H and O–H groups in total. The van der Waals surface area contributed by atoms with Gasteiger partial charge in [0.25, 0.3) is 5.91 Å². The van der Waals surface area contributed by atoms with Crippen LogP contribution in [0.2, 0.25) is 0 Å². The van der Waals surface area contributed by atoms with Crippen molar-refractivity contribution < 1.29 is 9.53 Å². The number of methoxy groups -OCH3 is 1. The highest BCUT2D eigenvalue weighted by Gasteiger charge is 2.39. The summed E-state index contributed by atoms with van der Waals surface area (Å²) in [5, 5.41) is 11.4. The number of benzene rings is 1. The van der Waals surface area contributed by atoms with E-state index >= 15 is 0 Å². The number of nitrogens with one attached hydrogen (secondary N) is 1. The maximum Gasteiger partial charge on any atom is 0.289 e. The molecule has 1 fully saturated rings. The van der Waals surface area contributed by atoms with Gasteiger partial charge in [0.15, 0.2) is 0 Å². The van der Waals surface area contributed by atoms with Crippen LogP contribution in [0.5, 0.6) is 5.75 Å². The van der Waals surface area contributed by atoms with Crippen molar-refractivity contribution in [2.24, 2.45) is 11.8 Å². The highest BCUT2D eigenvalue weighted by molar-refractivity contribution is 5.90. The maximum atomic E-state index is 12.4. The first kappa shape index (κ1) is 18.0. The van der Waals surface area contributed by atoms with Crippen molar-refractivity contribution in [3.63, 3.8) is 0 Å². The number of rotatable bonds is 5. The zero-order valence-corrected chi connectivity index (χ0v) is 16.2. The van der Waals surface area contributed by atoms with Crippen molar-refractivity contribution in [3.8, 4) is 5.75 Å². The van der Waals surface area contributed by atoms with Gasteiger partial charge in [-0.2, -0.15) is 0 Å². The summed E-state index contributed by atoms with van der Waals surface area (Å²) in [5.41, 5.74) is 1.30. The maximum absolute atomic E-state index is 12.4. The summed E-state index contributed by atoms with van der Waals surface area (Å²) in [7, 11) is 1.69. The molecule has 27 heavy (non-hydrogen) atoms. The average molecular weight is 369 g/mol. The van der Waals surface area contributed by atoms with Gasteiger partial charge in [-0.3, -0.25) is 9.69 Å². The highest BCUT2D eigenvalue weighted by Crippen LogP contribution is 2.33. The number of likely N-dealkylation sites (tertiary alicyclic amines) is 1. The molecule has 0 bridgehead atoms. The molecule has 2 atom stereocenters. The Balaban J connectivity index is 1.42. The summed E-state index contributed by atoms with van der Waals surface area (Å²) in [4.78, 5) is 14.9. The van der Waals surface area contributed by atoms with Gasteiger partial charge in [-0.1, -0.05) is 12.1 Å². The first-order valence-electron chi connectivity index (χ1n) is 9.61. The first-order chi connectivity index (χ1) is 13.0. The molecule has 4 rings (SSSR count). The van der Waals surface area contributed by atoms with E-state index in [0.29, 0.717) is 17.7 Å². The monoisotopic (exact) mass is 369 g/mol. The van der Waals surface area contributed by atoms with Crippen molar-refractivity contribution in [2.75, 3.05) is 20.2 Å². The van der Waals surface area contributed by atoms with Crippen LogP contribution >= 0.6 is 0 Å². The van der Waals surface area contributed by atoms with Crippen LogP contribution in [0.25, 0.3) is 0 Å². The molecule has 1 amide bonds. The second-order valence-electron chi connectivity index (χ2n) is 7.95. The quantitative estimate of drug-likeness (QED) is 0.869. The minimum absolute atomic E-state index is 0.0910. The molecule has 0 spiro atoms. The predicted octanol–water partition coefficient (Wildman–Crippen LogP) is 1.73. The molecule has 0 aliphatic carbocycles. The van der Waals surface area contributed by atoms with Crippen molar-refractivity contribution in [1.82, 2.24) is 25.0 Å². The van der Waals surface area contributed by atoms with Crippen LogP contribution in [-0.2, 0) is 19.5 Å². The number of aromatic nitrogens is 3. The van der Waals surface area contributed by atoms with Crippen LogP contribution in [0.15, 0.2) is 24.3 Å². The van der Waals surface area contributed by atoms with Crippen LogP contribution in [0.3, 0.4) is 0 Å². The zero-order valence-electron chi connectivity index (χ0n) is 16.2. The second-order valence-corrected chi connectivity index (χ2v) is 7.95. The summed E-state index contributed by atoms with van der Waals surface area (Å²) in [6.07, 6.45) is 0.895. The fourth-order valence-corrected chi connectivity index (χ4v) is 4.23. The van der Waals surface area contributed by atoms with E-state index < -0.39 is 0 Å². The van der Waals surface area contributed by atoms with Gasteiger partial charge in [0.05, 0.1) is 7.11 Å². The Labute approximate surface area is 159 Å². The zero-order chi connectivity index (χ0) is 19.0. The third kappa shape index (κ3) is 3.69. The third-order valence-corrected chi connectivity index (χ3v) is 5.53. The summed E-state index contributed by atoms with van der Waals surface area (Å²) in [5.74, 6) is 3.27. The van der Waals surface area contributed by atoms with E-state index in [9.17, 15) is 4.79 Å². The third-order valence-electron chi connectivity index (χ3n) is 5.53. The fourth-order valence-electron chi connectivity index (χ4n) is 4.23. The number of carbonyl (C=O) groups excluding carboxylic acids is 1. The normalized spacial score (nSPS) is 21.8. The molecule has 144 valence electrons. The van der Waals surface area contributed by atoms with Gasteiger partial charge >= 0.3 is 0 Å². The topological polar surface area (TPSA) is 72.3 Å². The van der Waals surface area contributed by atoms with Gasteiger partial charge in [-0.05, 0) is 43.4 Å². The molecule has 0 saturated carbocycles. The van der Waals surface area contributed by atoms with Crippen LogP contribution in [-0.4, -0.2) is 51.8 Å². The number of carbonyl (C=O) groups is 1. The van der Waals surface area contributed by atoms with Gasteiger partial charge in [0.2, 0.25) is 5.82 Å². The second kappa shape index (κ2) is 7.31. The Morgan fingerprint density at radius 1 is 1.19 bits per heavy atom. The van der Waals surface area contributed by atoms with E-state index in [1.54, 1.807) is 7.11 Å². The summed E-state index contributed by atoms with van der Waals surface area (Å²) in [6.45, 7) is 7.78. The summed E-state index contributed by atoms with van der Waals surface area (Å²) in [6, 6.07) is 8.38. The molecule has 1 saturated heterocycles. The lowest BCUT2D eigenvalue weighted by Gasteiger charge is -2.25. The number of fused-ring (bicyclic) bond motifs is 2. The Bertz CT molecular complexity index is 814. The fraction of sp³-hybridized carbons (Fsp3) is 0.550. The Kier molecular flexibility index (Phi) is 4.86. The van der Waals surface area contributed by atoms with Crippen LogP contribution in [0, 0.1) is 11.8 Å². The Morgan fingerprint density at radius 2 is 1.93 bits per heavy atom. The lowest BCUT2D eigenvalue weighted by atomic mass is 9.89. The Hall–Kier alpha value is -2.41. The Morgan fingerprint density at radius 3 is 2.63 bits per heavy atom. The molecule has 0 radical (unpaired) electrons. The lowest BCUT2D eigenvalue weighted by molar-refractivity contribution is 0.0924. The number of hydrogen-bond acceptors (Lipinski definition) is 5. The lowest BCUT2D eigenvalue weighted by Crippen LogP contribution is -2.35. The molecule has 7 nitrogen and oxygen atoms in total. The van der Waals surface area contributed by atoms with Gasteiger partial charge < -0.3 is 14.6 Å². The highest BCUT2D eigenvalue weighted by atomic mass is 16.5. The molecule has 1 aromatic carbocycles. The molecule has 3 heterocycles. The molecule has 1 aromatic heterocycles. The SMILES string of the molecule is COc1ccc(CN2C[C@H]3Cc4nnc(C(=O)NC(C)C)n4C[C@H]3C2)cc1. The number of hydrogen-bond donors (Lipinski definition) is 1. The number of nitrogens with zero attached hydrogens (tertiary/aromatic N) is 4. The van der Waals surface area contributed by atoms with E-state index in [2.05, 4.69) is 32.5 Å².